The Balaban J connectivity index is 1.97. The van der Waals surface area contributed by atoms with Crippen molar-refractivity contribution in [3.63, 3.8) is 0 Å². The number of benzene rings is 1. The lowest BCUT2D eigenvalue weighted by Crippen LogP contribution is -2.14. The van der Waals surface area contributed by atoms with E-state index in [0.717, 1.165) is 35.6 Å². The van der Waals surface area contributed by atoms with Gasteiger partial charge in [0.25, 0.3) is 0 Å². The van der Waals surface area contributed by atoms with Crippen LogP contribution in [0, 0.1) is 6.92 Å². The van der Waals surface area contributed by atoms with Crippen LogP contribution in [0.3, 0.4) is 0 Å². The summed E-state index contributed by atoms with van der Waals surface area (Å²) in [5, 5.41) is 12.9. The SMILES string of the molecule is C/C1=C(/n2cncn2)Cc2c(C)nnn2-c2ccccc2C1. The van der Waals surface area contributed by atoms with Gasteiger partial charge >= 0.3 is 0 Å². The van der Waals surface area contributed by atoms with Crippen molar-refractivity contribution >= 4 is 5.70 Å². The lowest BCUT2D eigenvalue weighted by Gasteiger charge is -2.19. The molecule has 3 heterocycles. The van der Waals surface area contributed by atoms with Gasteiger partial charge in [-0.3, -0.25) is 0 Å². The standard InChI is InChI=1S/C16H16N6/c1-11-7-13-5-3-4-6-14(13)22-16(12(2)19-20-22)8-15(11)21-10-17-9-18-21/h3-6,9-10H,7-8H2,1-2H3/b15-11-. The minimum atomic E-state index is 0.738. The van der Waals surface area contributed by atoms with Gasteiger partial charge in [0, 0.05) is 12.1 Å². The highest BCUT2D eigenvalue weighted by Crippen LogP contribution is 2.28. The summed E-state index contributed by atoms with van der Waals surface area (Å²) in [7, 11) is 0. The summed E-state index contributed by atoms with van der Waals surface area (Å²) in [5.74, 6) is 0. The fourth-order valence-corrected chi connectivity index (χ4v) is 2.96. The van der Waals surface area contributed by atoms with E-state index in [1.54, 1.807) is 12.7 Å². The summed E-state index contributed by atoms with van der Waals surface area (Å²) in [6.07, 6.45) is 4.91. The van der Waals surface area contributed by atoms with Gasteiger partial charge in [0.1, 0.15) is 12.7 Å². The van der Waals surface area contributed by atoms with Crippen molar-refractivity contribution in [2.45, 2.75) is 26.7 Å². The number of para-hydroxylation sites is 1. The van der Waals surface area contributed by atoms with Crippen molar-refractivity contribution < 1.29 is 0 Å². The molecule has 0 bridgehead atoms. The van der Waals surface area contributed by atoms with E-state index in [0.29, 0.717) is 0 Å². The molecule has 0 saturated heterocycles. The lowest BCUT2D eigenvalue weighted by atomic mass is 9.98. The fraction of sp³-hybridized carbons (Fsp3) is 0.250. The Morgan fingerprint density at radius 3 is 2.77 bits per heavy atom. The third-order valence-corrected chi connectivity index (χ3v) is 4.16. The average molecular weight is 292 g/mol. The van der Waals surface area contributed by atoms with Crippen LogP contribution in [0.4, 0.5) is 0 Å². The minimum Gasteiger partial charge on any atom is -0.225 e. The van der Waals surface area contributed by atoms with E-state index in [4.69, 9.17) is 0 Å². The highest BCUT2D eigenvalue weighted by Gasteiger charge is 2.21. The zero-order chi connectivity index (χ0) is 15.1. The first-order valence-corrected chi connectivity index (χ1v) is 7.27. The van der Waals surface area contributed by atoms with E-state index < -0.39 is 0 Å². The first-order chi connectivity index (χ1) is 10.7. The van der Waals surface area contributed by atoms with Gasteiger partial charge in [-0.25, -0.2) is 14.3 Å². The average Bonchev–Trinajstić information content (AvgIpc) is 3.14. The van der Waals surface area contributed by atoms with Crippen LogP contribution in [0.5, 0.6) is 0 Å². The summed E-state index contributed by atoms with van der Waals surface area (Å²) in [5.41, 5.74) is 6.81. The molecule has 0 saturated carbocycles. The topological polar surface area (TPSA) is 61.4 Å². The van der Waals surface area contributed by atoms with Crippen LogP contribution in [0.1, 0.15) is 23.9 Å². The molecule has 0 radical (unpaired) electrons. The molecular weight excluding hydrogens is 276 g/mol. The molecule has 0 fully saturated rings. The lowest BCUT2D eigenvalue weighted by molar-refractivity contribution is 0.748. The molecule has 22 heavy (non-hydrogen) atoms. The Morgan fingerprint density at radius 2 is 1.95 bits per heavy atom. The number of aromatic nitrogens is 6. The summed E-state index contributed by atoms with van der Waals surface area (Å²) in [4.78, 5) is 4.08. The summed E-state index contributed by atoms with van der Waals surface area (Å²) in [6.45, 7) is 4.15. The van der Waals surface area contributed by atoms with Gasteiger partial charge in [-0.2, -0.15) is 5.10 Å². The summed E-state index contributed by atoms with van der Waals surface area (Å²) < 4.78 is 3.80. The van der Waals surface area contributed by atoms with Crippen molar-refractivity contribution in [3.05, 3.63) is 59.4 Å². The van der Waals surface area contributed by atoms with E-state index in [1.807, 2.05) is 22.4 Å². The minimum absolute atomic E-state index is 0.738. The molecule has 0 amide bonds. The third-order valence-electron chi connectivity index (χ3n) is 4.16. The van der Waals surface area contributed by atoms with Crippen molar-refractivity contribution in [1.29, 1.82) is 0 Å². The number of hydrogen-bond acceptors (Lipinski definition) is 4. The second-order valence-electron chi connectivity index (χ2n) is 5.58. The second kappa shape index (κ2) is 4.91. The monoisotopic (exact) mass is 292 g/mol. The predicted molar refractivity (Wildman–Crippen MR) is 82.4 cm³/mol. The normalized spacial score (nSPS) is 17.5. The number of nitrogens with zero attached hydrogens (tertiary/aromatic N) is 6. The highest BCUT2D eigenvalue weighted by atomic mass is 15.4. The molecule has 6 nitrogen and oxygen atoms in total. The van der Waals surface area contributed by atoms with E-state index in [9.17, 15) is 0 Å². The Labute approximate surface area is 128 Å². The summed E-state index contributed by atoms with van der Waals surface area (Å²) in [6, 6.07) is 8.34. The molecule has 1 aliphatic heterocycles. The molecule has 4 rings (SSSR count). The third kappa shape index (κ3) is 1.95. The van der Waals surface area contributed by atoms with Crippen LogP contribution >= 0.6 is 0 Å². The molecule has 0 unspecified atom stereocenters. The maximum absolute atomic E-state index is 4.34. The van der Waals surface area contributed by atoms with Crippen LogP contribution in [0.25, 0.3) is 11.4 Å². The first-order valence-electron chi connectivity index (χ1n) is 7.27. The predicted octanol–water partition coefficient (Wildman–Crippen LogP) is 2.20. The number of allylic oxidation sites excluding steroid dienone is 2. The van der Waals surface area contributed by atoms with E-state index >= 15 is 0 Å². The molecule has 0 N–H and O–H groups in total. The fourth-order valence-electron chi connectivity index (χ4n) is 2.96. The number of hydrogen-bond donors (Lipinski definition) is 0. The number of rotatable bonds is 1. The molecule has 1 aliphatic rings. The number of fused-ring (bicyclic) bond motifs is 3. The Kier molecular flexibility index (Phi) is 2.89. The zero-order valence-corrected chi connectivity index (χ0v) is 12.6. The Hall–Kier alpha value is -2.76. The van der Waals surface area contributed by atoms with E-state index in [2.05, 4.69) is 45.5 Å². The van der Waals surface area contributed by atoms with Gasteiger partial charge in [0.05, 0.1) is 17.1 Å². The van der Waals surface area contributed by atoms with E-state index in [1.165, 1.54) is 11.1 Å². The van der Waals surface area contributed by atoms with Crippen LogP contribution in [0.2, 0.25) is 0 Å². The molecule has 1 aromatic carbocycles. The molecule has 0 atom stereocenters. The molecule has 0 spiro atoms. The molecule has 6 heteroatoms. The van der Waals surface area contributed by atoms with Gasteiger partial charge in [0.15, 0.2) is 0 Å². The maximum atomic E-state index is 4.34. The Morgan fingerprint density at radius 1 is 1.09 bits per heavy atom. The van der Waals surface area contributed by atoms with Crippen LogP contribution in [-0.4, -0.2) is 29.8 Å². The van der Waals surface area contributed by atoms with Gasteiger partial charge in [-0.15, -0.1) is 5.10 Å². The molecule has 0 aliphatic carbocycles. The van der Waals surface area contributed by atoms with Crippen molar-refractivity contribution in [2.24, 2.45) is 0 Å². The maximum Gasteiger partial charge on any atom is 0.138 e. The largest absolute Gasteiger partial charge is 0.225 e. The molecular formula is C16H16N6. The van der Waals surface area contributed by atoms with Crippen LogP contribution in [0.15, 0.2) is 42.5 Å². The summed E-state index contributed by atoms with van der Waals surface area (Å²) >= 11 is 0. The quantitative estimate of drug-likeness (QED) is 0.690. The van der Waals surface area contributed by atoms with Crippen LogP contribution < -0.4 is 0 Å². The van der Waals surface area contributed by atoms with Gasteiger partial charge in [-0.1, -0.05) is 23.4 Å². The Bertz CT molecular complexity index is 857. The van der Waals surface area contributed by atoms with Crippen molar-refractivity contribution in [1.82, 2.24) is 29.8 Å². The van der Waals surface area contributed by atoms with E-state index in [-0.39, 0.29) is 0 Å². The van der Waals surface area contributed by atoms with Crippen molar-refractivity contribution in [3.8, 4) is 5.69 Å². The molecule has 3 aromatic rings. The number of aryl methyl sites for hydroxylation is 1. The highest BCUT2D eigenvalue weighted by molar-refractivity contribution is 5.57. The first kappa shape index (κ1) is 12.9. The smallest absolute Gasteiger partial charge is 0.138 e. The molecule has 2 aromatic heterocycles. The van der Waals surface area contributed by atoms with Crippen LogP contribution in [-0.2, 0) is 12.8 Å². The van der Waals surface area contributed by atoms with Gasteiger partial charge < -0.3 is 0 Å². The zero-order valence-electron chi connectivity index (χ0n) is 12.6. The second-order valence-corrected chi connectivity index (χ2v) is 5.58. The van der Waals surface area contributed by atoms with Gasteiger partial charge in [0.2, 0.25) is 0 Å². The van der Waals surface area contributed by atoms with Gasteiger partial charge in [-0.05, 0) is 37.5 Å². The van der Waals surface area contributed by atoms with Crippen molar-refractivity contribution in [2.75, 3.05) is 0 Å². The molecule has 110 valence electrons.